The van der Waals surface area contributed by atoms with Gasteiger partial charge in [0.2, 0.25) is 0 Å². The molecule has 2 N–H and O–H groups in total. The van der Waals surface area contributed by atoms with E-state index in [0.29, 0.717) is 0 Å². The maximum Gasteiger partial charge on any atom is 0.0759 e. The van der Waals surface area contributed by atoms with Gasteiger partial charge < -0.3 is 5.73 Å². The van der Waals surface area contributed by atoms with Gasteiger partial charge in [0.15, 0.2) is 0 Å². The molecule has 3 aromatic rings. The Morgan fingerprint density at radius 2 is 1.65 bits per heavy atom. The monoisotopic (exact) mass is 244 g/mol. The summed E-state index contributed by atoms with van der Waals surface area (Å²) in [6.07, 6.45) is 0. The molecule has 17 heavy (non-hydrogen) atoms. The molecule has 1 heterocycles. The highest BCUT2D eigenvalue weighted by molar-refractivity contribution is 6.06. The Balaban J connectivity index is 0.00000108. The van der Waals surface area contributed by atoms with E-state index in [2.05, 4.69) is 18.0 Å². The van der Waals surface area contributed by atoms with E-state index in [4.69, 9.17) is 5.73 Å². The Morgan fingerprint density at radius 1 is 0.941 bits per heavy atom. The van der Waals surface area contributed by atoms with E-state index in [0.717, 1.165) is 33.1 Å². The molecule has 0 atom stereocenters. The van der Waals surface area contributed by atoms with Gasteiger partial charge >= 0.3 is 0 Å². The van der Waals surface area contributed by atoms with E-state index >= 15 is 0 Å². The number of nitrogen functional groups attached to an aromatic ring is 1. The summed E-state index contributed by atoms with van der Waals surface area (Å²) in [5.41, 5.74) is 10.1. The molecule has 0 saturated heterocycles. The minimum Gasteiger partial charge on any atom is -0.398 e. The Labute approximate surface area is 106 Å². The lowest BCUT2D eigenvalue weighted by Gasteiger charge is -2.07. The van der Waals surface area contributed by atoms with Crippen molar-refractivity contribution in [3.8, 4) is 0 Å². The number of hydrogen-bond acceptors (Lipinski definition) is 2. The van der Waals surface area contributed by atoms with Crippen LogP contribution in [0.1, 0.15) is 5.56 Å². The van der Waals surface area contributed by atoms with Gasteiger partial charge in [-0.25, -0.2) is 4.98 Å². The number of rotatable bonds is 0. The first-order valence-electron chi connectivity index (χ1n) is 5.31. The second-order valence-corrected chi connectivity index (χ2v) is 4.01. The van der Waals surface area contributed by atoms with Crippen molar-refractivity contribution in [2.24, 2.45) is 0 Å². The molecular weight excluding hydrogens is 232 g/mol. The highest BCUT2D eigenvalue weighted by Gasteiger charge is 2.06. The summed E-state index contributed by atoms with van der Waals surface area (Å²) in [6.45, 7) is 2.06. The van der Waals surface area contributed by atoms with E-state index in [1.807, 2.05) is 36.4 Å². The first kappa shape index (κ1) is 11.7. The van der Waals surface area contributed by atoms with Crippen molar-refractivity contribution >= 4 is 39.9 Å². The average molecular weight is 245 g/mol. The minimum absolute atomic E-state index is 0. The number of halogens is 1. The first-order chi connectivity index (χ1) is 7.77. The number of fused-ring (bicyclic) bond motifs is 2. The molecule has 0 saturated carbocycles. The number of benzene rings is 2. The van der Waals surface area contributed by atoms with E-state index in [9.17, 15) is 0 Å². The van der Waals surface area contributed by atoms with E-state index in [1.54, 1.807) is 0 Å². The lowest BCUT2D eigenvalue weighted by atomic mass is 10.1. The minimum atomic E-state index is 0. The average Bonchev–Trinajstić information content (AvgIpc) is 2.31. The van der Waals surface area contributed by atoms with Crippen LogP contribution in [0.2, 0.25) is 0 Å². The number of nitrogens with zero attached hydrogens (tertiary/aromatic N) is 1. The second kappa shape index (κ2) is 4.22. The van der Waals surface area contributed by atoms with Crippen molar-refractivity contribution in [3.05, 3.63) is 48.0 Å². The number of pyridine rings is 1. The van der Waals surface area contributed by atoms with E-state index in [1.165, 1.54) is 0 Å². The van der Waals surface area contributed by atoms with Crippen LogP contribution >= 0.6 is 12.4 Å². The maximum atomic E-state index is 6.18. The molecule has 0 aliphatic heterocycles. The third kappa shape index (κ3) is 1.71. The van der Waals surface area contributed by atoms with Crippen LogP contribution in [0.15, 0.2) is 42.5 Å². The fourth-order valence-electron chi connectivity index (χ4n) is 2.09. The maximum absolute atomic E-state index is 6.18. The van der Waals surface area contributed by atoms with Crippen molar-refractivity contribution in [2.75, 3.05) is 5.73 Å². The molecular formula is C14H13ClN2. The van der Waals surface area contributed by atoms with Crippen LogP contribution in [0.4, 0.5) is 5.69 Å². The molecule has 0 bridgehead atoms. The molecule has 0 aliphatic rings. The van der Waals surface area contributed by atoms with Crippen LogP contribution in [0.25, 0.3) is 21.8 Å². The molecule has 0 spiro atoms. The van der Waals surface area contributed by atoms with Crippen LogP contribution < -0.4 is 5.73 Å². The van der Waals surface area contributed by atoms with Crippen LogP contribution in [0.3, 0.4) is 0 Å². The standard InChI is InChI=1S/C14H12N2.ClH/c1-9-5-4-7-11-13(15)10-6-2-3-8-12(10)16-14(9)11;/h2-8H,1H3,(H2,15,16);1H. The molecule has 0 amide bonds. The predicted octanol–water partition coefficient (Wildman–Crippen LogP) is 3.70. The zero-order valence-electron chi connectivity index (χ0n) is 9.47. The van der Waals surface area contributed by atoms with Gasteiger partial charge in [-0.1, -0.05) is 36.4 Å². The second-order valence-electron chi connectivity index (χ2n) is 4.01. The molecule has 3 rings (SSSR count). The highest BCUT2D eigenvalue weighted by atomic mass is 35.5. The number of aryl methyl sites for hydroxylation is 1. The van der Waals surface area contributed by atoms with Crippen LogP contribution in [0, 0.1) is 6.92 Å². The number of anilines is 1. The molecule has 3 heteroatoms. The van der Waals surface area contributed by atoms with Gasteiger partial charge in [0.1, 0.15) is 0 Å². The fraction of sp³-hybridized carbons (Fsp3) is 0.0714. The molecule has 0 unspecified atom stereocenters. The topological polar surface area (TPSA) is 38.9 Å². The fourth-order valence-corrected chi connectivity index (χ4v) is 2.09. The van der Waals surface area contributed by atoms with Crippen LogP contribution in [-0.2, 0) is 0 Å². The van der Waals surface area contributed by atoms with E-state index < -0.39 is 0 Å². The lowest BCUT2D eigenvalue weighted by Crippen LogP contribution is -1.93. The van der Waals surface area contributed by atoms with Crippen LogP contribution in [0.5, 0.6) is 0 Å². The Bertz CT molecular complexity index is 692. The first-order valence-corrected chi connectivity index (χ1v) is 5.31. The Morgan fingerprint density at radius 3 is 2.47 bits per heavy atom. The van der Waals surface area contributed by atoms with Gasteiger partial charge in [-0.15, -0.1) is 12.4 Å². The van der Waals surface area contributed by atoms with Gasteiger partial charge in [-0.2, -0.15) is 0 Å². The Kier molecular flexibility index (Phi) is 2.90. The van der Waals surface area contributed by atoms with Gasteiger partial charge in [0.25, 0.3) is 0 Å². The predicted molar refractivity (Wildman–Crippen MR) is 75.6 cm³/mol. The molecule has 0 radical (unpaired) electrons. The summed E-state index contributed by atoms with van der Waals surface area (Å²) in [4.78, 5) is 4.66. The number of nitrogens with two attached hydrogens (primary N) is 1. The number of para-hydroxylation sites is 2. The summed E-state index contributed by atoms with van der Waals surface area (Å²) >= 11 is 0. The number of hydrogen-bond donors (Lipinski definition) is 1. The summed E-state index contributed by atoms with van der Waals surface area (Å²) in [6, 6.07) is 14.1. The zero-order valence-corrected chi connectivity index (χ0v) is 10.3. The summed E-state index contributed by atoms with van der Waals surface area (Å²) in [7, 11) is 0. The van der Waals surface area contributed by atoms with Gasteiger partial charge in [-0.05, 0) is 18.6 Å². The summed E-state index contributed by atoms with van der Waals surface area (Å²) < 4.78 is 0. The molecule has 0 fully saturated rings. The largest absolute Gasteiger partial charge is 0.398 e. The van der Waals surface area contributed by atoms with E-state index in [-0.39, 0.29) is 12.4 Å². The lowest BCUT2D eigenvalue weighted by molar-refractivity contribution is 1.42. The van der Waals surface area contributed by atoms with Gasteiger partial charge in [0.05, 0.1) is 16.7 Å². The van der Waals surface area contributed by atoms with Crippen molar-refractivity contribution in [1.29, 1.82) is 0 Å². The normalized spacial score (nSPS) is 10.4. The van der Waals surface area contributed by atoms with Crippen molar-refractivity contribution < 1.29 is 0 Å². The van der Waals surface area contributed by atoms with Crippen molar-refractivity contribution in [1.82, 2.24) is 4.98 Å². The zero-order chi connectivity index (χ0) is 11.1. The van der Waals surface area contributed by atoms with Gasteiger partial charge in [-0.3, -0.25) is 0 Å². The quantitative estimate of drug-likeness (QED) is 0.613. The highest BCUT2D eigenvalue weighted by Crippen LogP contribution is 2.29. The molecule has 86 valence electrons. The smallest absolute Gasteiger partial charge is 0.0759 e. The van der Waals surface area contributed by atoms with Crippen molar-refractivity contribution in [2.45, 2.75) is 6.92 Å². The third-order valence-corrected chi connectivity index (χ3v) is 2.95. The number of aromatic nitrogens is 1. The Hall–Kier alpha value is -1.80. The SMILES string of the molecule is Cc1cccc2c(N)c3ccccc3nc12.Cl. The molecule has 2 aromatic carbocycles. The summed E-state index contributed by atoms with van der Waals surface area (Å²) in [5.74, 6) is 0. The van der Waals surface area contributed by atoms with Crippen LogP contribution in [-0.4, -0.2) is 4.98 Å². The summed E-state index contributed by atoms with van der Waals surface area (Å²) in [5, 5.41) is 2.07. The van der Waals surface area contributed by atoms with Crippen molar-refractivity contribution in [3.63, 3.8) is 0 Å². The third-order valence-electron chi connectivity index (χ3n) is 2.95. The molecule has 0 aliphatic carbocycles. The molecule has 1 aromatic heterocycles. The molecule has 2 nitrogen and oxygen atoms in total. The van der Waals surface area contributed by atoms with Gasteiger partial charge in [0, 0.05) is 10.8 Å².